The molecule has 0 fully saturated rings. The number of thiazole rings is 1. The second-order valence-electron chi connectivity index (χ2n) is 2.23. The normalized spacial score (nSPS) is 9.17. The summed E-state index contributed by atoms with van der Waals surface area (Å²) in [7, 11) is 0. The summed E-state index contributed by atoms with van der Waals surface area (Å²) in [5, 5.41) is 9.88. The summed E-state index contributed by atoms with van der Waals surface area (Å²) in [6, 6.07) is 0. The molecule has 1 N–H and O–H groups in total. The van der Waals surface area contributed by atoms with Gasteiger partial charge in [-0.05, 0) is 19.0 Å². The SMILES string of the molecule is Cc1nc(C(=C=N)N=O)sc1C. The van der Waals surface area contributed by atoms with Crippen LogP contribution in [0.5, 0.6) is 0 Å². The third-order valence-corrected chi connectivity index (χ3v) is 2.52. The summed E-state index contributed by atoms with van der Waals surface area (Å²) in [6.07, 6.45) is 0. The molecular weight excluding hydrogens is 174 g/mol. The zero-order valence-corrected chi connectivity index (χ0v) is 7.53. The van der Waals surface area contributed by atoms with Crippen LogP contribution in [0.2, 0.25) is 0 Å². The molecule has 0 bridgehead atoms. The van der Waals surface area contributed by atoms with E-state index in [1.165, 1.54) is 11.3 Å². The van der Waals surface area contributed by atoms with Crippen molar-refractivity contribution in [1.29, 1.82) is 5.41 Å². The van der Waals surface area contributed by atoms with Crippen molar-refractivity contribution in [3.8, 4) is 0 Å². The first-order valence-corrected chi connectivity index (χ1v) is 4.08. The summed E-state index contributed by atoms with van der Waals surface area (Å²) in [5.74, 6) is 1.94. The minimum atomic E-state index is -0.0313. The lowest BCUT2D eigenvalue weighted by atomic mass is 10.4. The Bertz CT molecular complexity index is 343. The minimum Gasteiger partial charge on any atom is -0.257 e. The molecule has 0 saturated carbocycles. The molecule has 0 aliphatic rings. The van der Waals surface area contributed by atoms with E-state index >= 15 is 0 Å². The number of nitrogens with zero attached hydrogens (tertiary/aromatic N) is 2. The molecule has 62 valence electrons. The molecular formula is C7H7N3OS. The Labute approximate surface area is 73.4 Å². The maximum atomic E-state index is 10.2. The molecule has 0 aliphatic heterocycles. The maximum absolute atomic E-state index is 10.2. The maximum Gasteiger partial charge on any atom is 0.204 e. The van der Waals surface area contributed by atoms with E-state index in [1.807, 2.05) is 19.7 Å². The topological polar surface area (TPSA) is 66.2 Å². The van der Waals surface area contributed by atoms with Gasteiger partial charge in [0, 0.05) is 10.7 Å². The predicted molar refractivity (Wildman–Crippen MR) is 48.5 cm³/mol. The summed E-state index contributed by atoms with van der Waals surface area (Å²) in [6.45, 7) is 3.75. The van der Waals surface area contributed by atoms with Gasteiger partial charge in [0.25, 0.3) is 0 Å². The van der Waals surface area contributed by atoms with Crippen molar-refractivity contribution in [2.45, 2.75) is 13.8 Å². The Kier molecular flexibility index (Phi) is 2.47. The molecule has 0 saturated heterocycles. The van der Waals surface area contributed by atoms with Crippen LogP contribution in [0.3, 0.4) is 0 Å². The van der Waals surface area contributed by atoms with Crippen LogP contribution in [0.15, 0.2) is 5.18 Å². The van der Waals surface area contributed by atoms with Gasteiger partial charge in [0.15, 0.2) is 5.01 Å². The lowest BCUT2D eigenvalue weighted by molar-refractivity contribution is 1.21. The molecule has 1 aromatic heterocycles. The molecule has 0 aromatic carbocycles. The van der Waals surface area contributed by atoms with E-state index in [0.717, 1.165) is 10.6 Å². The van der Waals surface area contributed by atoms with Crippen LogP contribution in [0, 0.1) is 24.2 Å². The highest BCUT2D eigenvalue weighted by Gasteiger charge is 2.08. The first-order valence-electron chi connectivity index (χ1n) is 3.26. The Hall–Kier alpha value is -1.32. The number of nitroso groups, excluding NO2 is 1. The molecule has 1 heterocycles. The zero-order valence-electron chi connectivity index (χ0n) is 6.71. The van der Waals surface area contributed by atoms with Gasteiger partial charge in [0.2, 0.25) is 5.70 Å². The molecule has 5 heteroatoms. The number of hydrogen-bond donors (Lipinski definition) is 1. The molecule has 0 aliphatic carbocycles. The number of nitrogens with one attached hydrogen (secondary N) is 1. The van der Waals surface area contributed by atoms with Crippen LogP contribution < -0.4 is 0 Å². The van der Waals surface area contributed by atoms with Crippen LogP contribution in [0.1, 0.15) is 15.6 Å². The van der Waals surface area contributed by atoms with Crippen molar-refractivity contribution in [2.24, 2.45) is 5.18 Å². The highest BCUT2D eigenvalue weighted by Crippen LogP contribution is 2.22. The monoisotopic (exact) mass is 181 g/mol. The van der Waals surface area contributed by atoms with E-state index in [-0.39, 0.29) is 5.70 Å². The van der Waals surface area contributed by atoms with Crippen LogP contribution in [0.25, 0.3) is 5.70 Å². The highest BCUT2D eigenvalue weighted by molar-refractivity contribution is 7.12. The van der Waals surface area contributed by atoms with E-state index < -0.39 is 0 Å². The van der Waals surface area contributed by atoms with Gasteiger partial charge < -0.3 is 0 Å². The van der Waals surface area contributed by atoms with Gasteiger partial charge >= 0.3 is 0 Å². The van der Waals surface area contributed by atoms with E-state index in [2.05, 4.69) is 10.2 Å². The van der Waals surface area contributed by atoms with E-state index in [9.17, 15) is 4.91 Å². The summed E-state index contributed by atoms with van der Waals surface area (Å²) < 4.78 is 0. The molecule has 0 spiro atoms. The minimum absolute atomic E-state index is 0.0313. The van der Waals surface area contributed by atoms with Crippen molar-refractivity contribution in [3.63, 3.8) is 0 Å². The van der Waals surface area contributed by atoms with Gasteiger partial charge in [-0.3, -0.25) is 5.41 Å². The average Bonchev–Trinajstić information content (AvgIpc) is 2.35. The fourth-order valence-corrected chi connectivity index (χ4v) is 1.54. The third-order valence-electron chi connectivity index (χ3n) is 1.44. The number of rotatable bonds is 2. The average molecular weight is 181 g/mol. The fourth-order valence-electron chi connectivity index (χ4n) is 0.689. The molecule has 0 amide bonds. The van der Waals surface area contributed by atoms with Crippen LogP contribution in [0.4, 0.5) is 0 Å². The molecule has 1 rings (SSSR count). The standard InChI is InChI=1S/C7H7N3OS/c1-4-5(2)12-7(9-4)6(3-8)10-11/h8H,1-2H3. The molecule has 12 heavy (non-hydrogen) atoms. The van der Waals surface area contributed by atoms with Crippen LogP contribution in [-0.2, 0) is 0 Å². The quantitative estimate of drug-likeness (QED) is 0.561. The molecule has 0 atom stereocenters. The van der Waals surface area contributed by atoms with Gasteiger partial charge in [0.1, 0.15) is 0 Å². The summed E-state index contributed by atoms with van der Waals surface area (Å²) in [5.41, 5.74) is 0.836. The van der Waals surface area contributed by atoms with Crippen molar-refractivity contribution >= 4 is 22.9 Å². The highest BCUT2D eigenvalue weighted by atomic mass is 32.1. The van der Waals surface area contributed by atoms with Crippen molar-refractivity contribution < 1.29 is 0 Å². The molecule has 0 radical (unpaired) electrons. The van der Waals surface area contributed by atoms with Crippen molar-refractivity contribution in [2.75, 3.05) is 0 Å². The van der Waals surface area contributed by atoms with Crippen molar-refractivity contribution in [3.05, 3.63) is 20.5 Å². The smallest absolute Gasteiger partial charge is 0.204 e. The van der Waals surface area contributed by atoms with Crippen LogP contribution in [-0.4, -0.2) is 10.9 Å². The Balaban J connectivity index is 3.20. The van der Waals surface area contributed by atoms with Gasteiger partial charge in [-0.1, -0.05) is 0 Å². The Morgan fingerprint density at radius 1 is 1.67 bits per heavy atom. The largest absolute Gasteiger partial charge is 0.257 e. The summed E-state index contributed by atoms with van der Waals surface area (Å²) in [4.78, 5) is 15.2. The molecule has 4 nitrogen and oxygen atoms in total. The van der Waals surface area contributed by atoms with Gasteiger partial charge in [-0.2, -0.15) is 0 Å². The molecule has 1 aromatic rings. The van der Waals surface area contributed by atoms with Gasteiger partial charge in [-0.25, -0.2) is 4.98 Å². The lowest BCUT2D eigenvalue weighted by Crippen LogP contribution is -1.79. The molecule has 0 unspecified atom stereocenters. The van der Waals surface area contributed by atoms with E-state index in [0.29, 0.717) is 5.01 Å². The van der Waals surface area contributed by atoms with E-state index in [4.69, 9.17) is 5.41 Å². The number of hydrogen-bond acceptors (Lipinski definition) is 5. The first-order chi connectivity index (χ1) is 5.69. The second-order valence-corrected chi connectivity index (χ2v) is 3.43. The first kappa shape index (κ1) is 8.77. The van der Waals surface area contributed by atoms with Gasteiger partial charge in [0.05, 0.1) is 5.69 Å². The lowest BCUT2D eigenvalue weighted by Gasteiger charge is -1.82. The Morgan fingerprint density at radius 3 is 2.67 bits per heavy atom. The second kappa shape index (κ2) is 3.38. The summed E-state index contributed by atoms with van der Waals surface area (Å²) >= 11 is 1.35. The van der Waals surface area contributed by atoms with Gasteiger partial charge in [-0.15, -0.1) is 16.2 Å². The fraction of sp³-hybridized carbons (Fsp3) is 0.286. The number of aromatic nitrogens is 1. The third kappa shape index (κ3) is 1.47. The van der Waals surface area contributed by atoms with Crippen molar-refractivity contribution in [1.82, 2.24) is 4.98 Å². The van der Waals surface area contributed by atoms with Crippen LogP contribution >= 0.6 is 11.3 Å². The number of aryl methyl sites for hydroxylation is 2. The van der Waals surface area contributed by atoms with E-state index in [1.54, 1.807) is 0 Å². The predicted octanol–water partition coefficient (Wildman–Crippen LogP) is 2.12. The Morgan fingerprint density at radius 2 is 2.33 bits per heavy atom. The zero-order chi connectivity index (χ0) is 9.14.